The lowest BCUT2D eigenvalue weighted by Gasteiger charge is -2.10. The number of carbonyl (C=O) groups excluding carboxylic acids is 1. The second-order valence-electron chi connectivity index (χ2n) is 5.20. The quantitative estimate of drug-likeness (QED) is 0.656. The summed E-state index contributed by atoms with van der Waals surface area (Å²) >= 11 is 11.9. The molecule has 0 bridgehead atoms. The van der Waals surface area contributed by atoms with Gasteiger partial charge in [-0.05, 0) is 30.3 Å². The minimum atomic E-state index is -0.386. The van der Waals surface area contributed by atoms with E-state index in [-0.39, 0.29) is 11.6 Å². The molecule has 2 aromatic carbocycles. The van der Waals surface area contributed by atoms with Crippen LogP contribution in [0.1, 0.15) is 10.5 Å². The standard InChI is InChI=1S/C18H14Cl2N4O2/c1-26-16-5-3-2-4-14(16)24-18(25)15-9-22-17(10-21-15)23-11-6-7-12(19)13(20)8-11/h2-10H,1H3,(H,22,23)(H,24,25). The number of anilines is 3. The number of hydrogen-bond acceptors (Lipinski definition) is 5. The van der Waals surface area contributed by atoms with Crippen molar-refractivity contribution in [2.24, 2.45) is 0 Å². The van der Waals surface area contributed by atoms with E-state index >= 15 is 0 Å². The van der Waals surface area contributed by atoms with Gasteiger partial charge in [-0.2, -0.15) is 0 Å². The number of aromatic nitrogens is 2. The average Bonchev–Trinajstić information content (AvgIpc) is 2.66. The number of hydrogen-bond donors (Lipinski definition) is 2. The zero-order chi connectivity index (χ0) is 18.5. The summed E-state index contributed by atoms with van der Waals surface area (Å²) in [4.78, 5) is 20.6. The first-order valence-corrected chi connectivity index (χ1v) is 8.31. The summed E-state index contributed by atoms with van der Waals surface area (Å²) in [5, 5.41) is 6.67. The number of halogens is 2. The Bertz CT molecular complexity index is 933. The topological polar surface area (TPSA) is 76.1 Å². The fraction of sp³-hybridized carbons (Fsp3) is 0.0556. The van der Waals surface area contributed by atoms with E-state index in [1.165, 1.54) is 19.5 Å². The Morgan fingerprint density at radius 2 is 1.85 bits per heavy atom. The van der Waals surface area contributed by atoms with Crippen LogP contribution in [0.15, 0.2) is 54.9 Å². The highest BCUT2D eigenvalue weighted by Gasteiger charge is 2.11. The van der Waals surface area contributed by atoms with Gasteiger partial charge in [0.2, 0.25) is 0 Å². The lowest BCUT2D eigenvalue weighted by atomic mass is 10.3. The molecule has 3 aromatic rings. The molecule has 0 aliphatic rings. The number of para-hydroxylation sites is 2. The van der Waals surface area contributed by atoms with Gasteiger partial charge < -0.3 is 15.4 Å². The van der Waals surface area contributed by atoms with Gasteiger partial charge in [-0.15, -0.1) is 0 Å². The summed E-state index contributed by atoms with van der Waals surface area (Å²) in [7, 11) is 1.54. The monoisotopic (exact) mass is 388 g/mol. The van der Waals surface area contributed by atoms with Gasteiger partial charge in [-0.3, -0.25) is 4.79 Å². The first-order chi connectivity index (χ1) is 12.6. The number of rotatable bonds is 5. The highest BCUT2D eigenvalue weighted by molar-refractivity contribution is 6.42. The van der Waals surface area contributed by atoms with E-state index in [4.69, 9.17) is 27.9 Å². The van der Waals surface area contributed by atoms with Crippen molar-refractivity contribution in [3.05, 3.63) is 70.6 Å². The normalized spacial score (nSPS) is 10.3. The molecule has 0 saturated heterocycles. The van der Waals surface area contributed by atoms with Crippen LogP contribution in [0.25, 0.3) is 0 Å². The van der Waals surface area contributed by atoms with Crippen LogP contribution in [-0.2, 0) is 0 Å². The Morgan fingerprint density at radius 3 is 2.54 bits per heavy atom. The fourth-order valence-corrected chi connectivity index (χ4v) is 2.46. The SMILES string of the molecule is COc1ccccc1NC(=O)c1cnc(Nc2ccc(Cl)c(Cl)c2)cn1. The molecule has 3 rings (SSSR count). The third-order valence-corrected chi connectivity index (χ3v) is 4.17. The Morgan fingerprint density at radius 1 is 1.04 bits per heavy atom. The van der Waals surface area contributed by atoms with Crippen LogP contribution in [0, 0.1) is 0 Å². The molecule has 0 spiro atoms. The van der Waals surface area contributed by atoms with Crippen molar-refractivity contribution in [1.82, 2.24) is 9.97 Å². The van der Waals surface area contributed by atoms with E-state index in [2.05, 4.69) is 20.6 Å². The molecule has 132 valence electrons. The lowest BCUT2D eigenvalue weighted by molar-refractivity contribution is 0.102. The van der Waals surface area contributed by atoms with Crippen molar-refractivity contribution in [3.63, 3.8) is 0 Å². The maximum atomic E-state index is 12.3. The van der Waals surface area contributed by atoms with Crippen LogP contribution in [0.4, 0.5) is 17.2 Å². The molecule has 0 atom stereocenters. The minimum Gasteiger partial charge on any atom is -0.495 e. The van der Waals surface area contributed by atoms with E-state index in [0.717, 1.165) is 0 Å². The van der Waals surface area contributed by atoms with Crippen molar-refractivity contribution in [1.29, 1.82) is 0 Å². The van der Waals surface area contributed by atoms with Crippen LogP contribution >= 0.6 is 23.2 Å². The Balaban J connectivity index is 1.70. The van der Waals surface area contributed by atoms with Crippen LogP contribution in [0.5, 0.6) is 5.75 Å². The first-order valence-electron chi connectivity index (χ1n) is 7.55. The summed E-state index contributed by atoms with van der Waals surface area (Å²) in [5.74, 6) is 0.645. The number of carbonyl (C=O) groups is 1. The summed E-state index contributed by atoms with van der Waals surface area (Å²) in [5.41, 5.74) is 1.44. The van der Waals surface area contributed by atoms with Gasteiger partial charge >= 0.3 is 0 Å². The Hall–Kier alpha value is -2.83. The summed E-state index contributed by atoms with van der Waals surface area (Å²) < 4.78 is 5.20. The predicted octanol–water partition coefficient (Wildman–Crippen LogP) is 4.79. The molecule has 6 nitrogen and oxygen atoms in total. The second-order valence-corrected chi connectivity index (χ2v) is 6.01. The predicted molar refractivity (Wildman–Crippen MR) is 103 cm³/mol. The maximum Gasteiger partial charge on any atom is 0.275 e. The van der Waals surface area contributed by atoms with Crippen molar-refractivity contribution in [2.75, 3.05) is 17.7 Å². The third kappa shape index (κ3) is 4.22. The molecule has 0 saturated carbocycles. The van der Waals surface area contributed by atoms with Crippen molar-refractivity contribution in [3.8, 4) is 5.75 Å². The largest absolute Gasteiger partial charge is 0.495 e. The van der Waals surface area contributed by atoms with Crippen LogP contribution < -0.4 is 15.4 Å². The molecule has 1 aromatic heterocycles. The summed E-state index contributed by atoms with van der Waals surface area (Å²) in [6, 6.07) is 12.2. The highest BCUT2D eigenvalue weighted by Crippen LogP contribution is 2.26. The van der Waals surface area contributed by atoms with Crippen molar-refractivity contribution < 1.29 is 9.53 Å². The third-order valence-electron chi connectivity index (χ3n) is 3.43. The maximum absolute atomic E-state index is 12.3. The van der Waals surface area contributed by atoms with Gasteiger partial charge in [0.25, 0.3) is 5.91 Å². The molecule has 0 radical (unpaired) electrons. The molecular formula is C18H14Cl2N4O2. The van der Waals surface area contributed by atoms with Crippen LogP contribution in [0.2, 0.25) is 10.0 Å². The highest BCUT2D eigenvalue weighted by atomic mass is 35.5. The summed E-state index contributed by atoms with van der Waals surface area (Å²) in [6.45, 7) is 0. The fourth-order valence-electron chi connectivity index (χ4n) is 2.17. The molecule has 1 heterocycles. The Kier molecular flexibility index (Phi) is 5.55. The van der Waals surface area contributed by atoms with Crippen LogP contribution in [0.3, 0.4) is 0 Å². The molecule has 1 amide bonds. The van der Waals surface area contributed by atoms with Gasteiger partial charge in [0.15, 0.2) is 0 Å². The van der Waals surface area contributed by atoms with Crippen LogP contribution in [-0.4, -0.2) is 23.0 Å². The van der Waals surface area contributed by atoms with E-state index in [9.17, 15) is 4.79 Å². The van der Waals surface area contributed by atoms with Gasteiger partial charge in [-0.25, -0.2) is 9.97 Å². The number of nitrogens with one attached hydrogen (secondary N) is 2. The molecular weight excluding hydrogens is 375 g/mol. The van der Waals surface area contributed by atoms with Gasteiger partial charge in [0, 0.05) is 5.69 Å². The van der Waals surface area contributed by atoms with E-state index in [1.54, 1.807) is 36.4 Å². The number of nitrogens with zero attached hydrogens (tertiary/aromatic N) is 2. The van der Waals surface area contributed by atoms with Crippen molar-refractivity contribution >= 4 is 46.3 Å². The van der Waals surface area contributed by atoms with Gasteiger partial charge in [-0.1, -0.05) is 35.3 Å². The number of methoxy groups -OCH3 is 1. The smallest absolute Gasteiger partial charge is 0.275 e. The van der Waals surface area contributed by atoms with Gasteiger partial charge in [0.1, 0.15) is 17.3 Å². The van der Waals surface area contributed by atoms with E-state index < -0.39 is 0 Å². The molecule has 2 N–H and O–H groups in total. The minimum absolute atomic E-state index is 0.176. The number of ether oxygens (including phenoxy) is 1. The molecule has 0 fully saturated rings. The molecule has 0 aliphatic carbocycles. The zero-order valence-electron chi connectivity index (χ0n) is 13.7. The second kappa shape index (κ2) is 8.03. The first kappa shape index (κ1) is 18.0. The molecule has 0 aliphatic heterocycles. The number of amides is 1. The lowest BCUT2D eigenvalue weighted by Crippen LogP contribution is -2.14. The molecule has 8 heteroatoms. The van der Waals surface area contributed by atoms with Crippen molar-refractivity contribution in [2.45, 2.75) is 0 Å². The summed E-state index contributed by atoms with van der Waals surface area (Å²) in [6.07, 6.45) is 2.84. The van der Waals surface area contributed by atoms with E-state index in [1.807, 2.05) is 6.07 Å². The average molecular weight is 389 g/mol. The number of benzene rings is 2. The molecule has 0 unspecified atom stereocenters. The van der Waals surface area contributed by atoms with E-state index in [0.29, 0.717) is 33.0 Å². The zero-order valence-corrected chi connectivity index (χ0v) is 15.2. The molecule has 26 heavy (non-hydrogen) atoms. The Labute approximate surface area is 160 Å². The van der Waals surface area contributed by atoms with Gasteiger partial charge in [0.05, 0.1) is 35.2 Å².